The van der Waals surface area contributed by atoms with Gasteiger partial charge >= 0.3 is 0 Å². The maximum atomic E-state index is 9.71. The number of aryl methyl sites for hydroxylation is 1. The number of fused-ring (bicyclic) bond motifs is 1. The van der Waals surface area contributed by atoms with Crippen molar-refractivity contribution in [1.82, 2.24) is 9.97 Å². The van der Waals surface area contributed by atoms with Crippen molar-refractivity contribution in [2.45, 2.75) is 44.7 Å². The van der Waals surface area contributed by atoms with Gasteiger partial charge in [-0.25, -0.2) is 9.97 Å². The molecule has 4 rings (SSSR count). The molecule has 0 saturated carbocycles. The normalized spacial score (nSPS) is 27.5. The topological polar surface area (TPSA) is 75.5 Å². The van der Waals surface area contributed by atoms with E-state index >= 15 is 0 Å². The van der Waals surface area contributed by atoms with Crippen molar-refractivity contribution in [2.75, 3.05) is 0 Å². The molecule has 1 aliphatic carbocycles. The second kappa shape index (κ2) is 7.21. The molecule has 4 unspecified atom stereocenters. The molecule has 1 fully saturated rings. The molecule has 24 heavy (non-hydrogen) atoms. The van der Waals surface area contributed by atoms with Crippen LogP contribution in [0.4, 0.5) is 0 Å². The largest absolute Gasteiger partial charge is 0.388 e. The van der Waals surface area contributed by atoms with Crippen LogP contribution in [0.2, 0.25) is 0 Å². The molecule has 5 heteroatoms. The number of aromatic nitrogens is 2. The maximum absolute atomic E-state index is 9.71. The Labute approximate surface area is 141 Å². The predicted molar refractivity (Wildman–Crippen MR) is 91.3 cm³/mol. The Balaban J connectivity index is 0.000000149. The van der Waals surface area contributed by atoms with Crippen LogP contribution in [0.1, 0.15) is 35.5 Å². The minimum atomic E-state index is -0.826. The van der Waals surface area contributed by atoms with Gasteiger partial charge in [0.25, 0.3) is 0 Å². The Morgan fingerprint density at radius 1 is 1.08 bits per heavy atom. The van der Waals surface area contributed by atoms with Gasteiger partial charge in [-0.15, -0.1) is 0 Å². The van der Waals surface area contributed by atoms with E-state index in [0.29, 0.717) is 0 Å². The number of ether oxygens (including phenoxy) is 1. The van der Waals surface area contributed by atoms with Crippen molar-refractivity contribution in [3.63, 3.8) is 0 Å². The summed E-state index contributed by atoms with van der Waals surface area (Å²) in [5.74, 6) is 0. The number of nitrogens with zero attached hydrogens (tertiary/aromatic N) is 2. The lowest BCUT2D eigenvalue weighted by atomic mass is 10.0. The van der Waals surface area contributed by atoms with E-state index in [1.54, 1.807) is 13.3 Å². The van der Waals surface area contributed by atoms with E-state index in [1.807, 2.05) is 37.3 Å². The van der Waals surface area contributed by atoms with Crippen LogP contribution in [-0.2, 0) is 11.2 Å². The van der Waals surface area contributed by atoms with Gasteiger partial charge in [0.1, 0.15) is 24.6 Å². The summed E-state index contributed by atoms with van der Waals surface area (Å²) in [6, 6.07) is 9.46. The van der Waals surface area contributed by atoms with Crippen molar-refractivity contribution in [2.24, 2.45) is 0 Å². The lowest BCUT2D eigenvalue weighted by molar-refractivity contribution is 0.0151. The summed E-state index contributed by atoms with van der Waals surface area (Å²) in [5.41, 5.74) is 4.36. The average Bonchev–Trinajstić information content (AvgIpc) is 3.18. The highest BCUT2D eigenvalue weighted by Crippen LogP contribution is 2.32. The first-order chi connectivity index (χ1) is 11.6. The van der Waals surface area contributed by atoms with E-state index in [9.17, 15) is 10.2 Å². The molecular weight excluding hydrogens is 304 g/mol. The highest BCUT2D eigenvalue weighted by Gasteiger charge is 2.40. The fourth-order valence-electron chi connectivity index (χ4n) is 2.97. The summed E-state index contributed by atoms with van der Waals surface area (Å²) in [5, 5.41) is 19.2. The van der Waals surface area contributed by atoms with Gasteiger partial charge in [-0.1, -0.05) is 42.5 Å². The molecule has 2 aliphatic rings. The third kappa shape index (κ3) is 3.38. The average molecular weight is 326 g/mol. The maximum Gasteiger partial charge on any atom is 0.115 e. The summed E-state index contributed by atoms with van der Waals surface area (Å²) in [6.07, 6.45) is 4.47. The van der Waals surface area contributed by atoms with Gasteiger partial charge in [0.15, 0.2) is 0 Å². The molecule has 1 aliphatic heterocycles. The van der Waals surface area contributed by atoms with Crippen molar-refractivity contribution in [3.05, 3.63) is 65.2 Å². The summed E-state index contributed by atoms with van der Waals surface area (Å²) >= 11 is 0. The summed E-state index contributed by atoms with van der Waals surface area (Å²) in [6.45, 7) is 3.77. The second-order valence-electron chi connectivity index (χ2n) is 6.08. The second-order valence-corrected chi connectivity index (χ2v) is 6.08. The molecule has 1 saturated heterocycles. The van der Waals surface area contributed by atoms with Crippen molar-refractivity contribution < 1.29 is 14.9 Å². The molecule has 0 radical (unpaired) electrons. The van der Waals surface area contributed by atoms with Crippen LogP contribution in [-0.4, -0.2) is 38.5 Å². The van der Waals surface area contributed by atoms with Crippen molar-refractivity contribution >= 4 is 6.08 Å². The Morgan fingerprint density at radius 3 is 2.46 bits per heavy atom. The molecule has 2 aromatic rings. The molecule has 5 nitrogen and oxygen atoms in total. The van der Waals surface area contributed by atoms with Crippen molar-refractivity contribution in [1.29, 1.82) is 0 Å². The molecular formula is C19H22N2O3. The number of aliphatic hydroxyl groups is 2. The van der Waals surface area contributed by atoms with Crippen molar-refractivity contribution in [3.8, 4) is 0 Å². The first kappa shape index (κ1) is 16.8. The molecule has 1 aromatic carbocycles. The number of rotatable bonds is 1. The molecule has 2 heterocycles. The van der Waals surface area contributed by atoms with Gasteiger partial charge in [0, 0.05) is 17.7 Å². The van der Waals surface area contributed by atoms with Gasteiger partial charge in [0.05, 0.1) is 11.8 Å². The number of hydrogen-bond acceptors (Lipinski definition) is 5. The minimum Gasteiger partial charge on any atom is -0.388 e. The summed E-state index contributed by atoms with van der Waals surface area (Å²) in [7, 11) is 0. The zero-order valence-electron chi connectivity index (χ0n) is 13.8. The van der Waals surface area contributed by atoms with Crippen LogP contribution in [0.5, 0.6) is 0 Å². The molecule has 4 atom stereocenters. The molecule has 1 aromatic heterocycles. The minimum absolute atomic E-state index is 0.310. The van der Waals surface area contributed by atoms with Gasteiger partial charge in [-0.05, 0) is 19.4 Å². The molecule has 0 bridgehead atoms. The van der Waals surface area contributed by atoms with Crippen LogP contribution in [0.3, 0.4) is 0 Å². The highest BCUT2D eigenvalue weighted by molar-refractivity contribution is 5.59. The number of allylic oxidation sites excluding steroid dienone is 1. The first-order valence-corrected chi connectivity index (χ1v) is 8.11. The fourth-order valence-corrected chi connectivity index (χ4v) is 2.97. The lowest BCUT2D eigenvalue weighted by Gasteiger charge is -2.14. The number of benzene rings is 1. The highest BCUT2D eigenvalue weighted by atomic mass is 16.5. The number of hydrogen-bond donors (Lipinski definition) is 2. The quantitative estimate of drug-likeness (QED) is 0.840. The Morgan fingerprint density at radius 2 is 1.83 bits per heavy atom. The van der Waals surface area contributed by atoms with E-state index in [4.69, 9.17) is 4.74 Å². The lowest BCUT2D eigenvalue weighted by Crippen LogP contribution is -2.28. The first-order valence-electron chi connectivity index (χ1n) is 8.11. The SMILES string of the molecule is CC1OC(c2ccccc2)C(O)C1O.Cc1ncnc2c1C=CC2. The summed E-state index contributed by atoms with van der Waals surface area (Å²) < 4.78 is 5.47. The van der Waals surface area contributed by atoms with Gasteiger partial charge in [-0.2, -0.15) is 0 Å². The van der Waals surface area contributed by atoms with Crippen LogP contribution in [0, 0.1) is 6.92 Å². The van der Waals surface area contributed by atoms with Crippen LogP contribution in [0.25, 0.3) is 6.08 Å². The van der Waals surface area contributed by atoms with E-state index in [0.717, 1.165) is 23.4 Å². The van der Waals surface area contributed by atoms with E-state index in [1.165, 1.54) is 5.56 Å². The van der Waals surface area contributed by atoms with Gasteiger partial charge in [0.2, 0.25) is 0 Å². The van der Waals surface area contributed by atoms with Gasteiger partial charge in [-0.3, -0.25) is 0 Å². The van der Waals surface area contributed by atoms with Crippen LogP contribution in [0.15, 0.2) is 42.7 Å². The third-order valence-corrected chi connectivity index (χ3v) is 4.39. The zero-order valence-corrected chi connectivity index (χ0v) is 13.8. The monoisotopic (exact) mass is 326 g/mol. The molecule has 2 N–H and O–H groups in total. The molecule has 0 amide bonds. The van der Waals surface area contributed by atoms with E-state index in [2.05, 4.69) is 22.1 Å². The van der Waals surface area contributed by atoms with Crippen LogP contribution < -0.4 is 0 Å². The Bertz CT molecular complexity index is 718. The standard InChI is InChI=1S/C11H14O3.C8H8N2/c1-7-9(12)10(13)11(14-7)8-5-3-2-4-6-8;1-6-7-3-2-4-8(7)10-5-9-6/h2-7,9-13H,1H3;2-3,5H,4H2,1H3. The smallest absolute Gasteiger partial charge is 0.115 e. The predicted octanol–water partition coefficient (Wildman–Crippen LogP) is 2.22. The Hall–Kier alpha value is -2.08. The summed E-state index contributed by atoms with van der Waals surface area (Å²) in [4.78, 5) is 8.23. The Kier molecular flexibility index (Phi) is 5.04. The molecule has 126 valence electrons. The fraction of sp³-hybridized carbons (Fsp3) is 0.368. The number of aliphatic hydroxyl groups excluding tert-OH is 2. The van der Waals surface area contributed by atoms with E-state index in [-0.39, 0.29) is 6.10 Å². The van der Waals surface area contributed by atoms with E-state index < -0.39 is 18.3 Å². The zero-order chi connectivity index (χ0) is 17.1. The van der Waals surface area contributed by atoms with Crippen LogP contribution >= 0.6 is 0 Å². The third-order valence-electron chi connectivity index (χ3n) is 4.39. The van der Waals surface area contributed by atoms with Gasteiger partial charge < -0.3 is 14.9 Å². The molecule has 0 spiro atoms.